The van der Waals surface area contributed by atoms with Gasteiger partial charge in [0.05, 0.1) is 11.1 Å². The monoisotopic (exact) mass is 439 g/mol. The predicted octanol–water partition coefficient (Wildman–Crippen LogP) is 6.66. The number of anilines is 1. The molecule has 0 aliphatic carbocycles. The van der Waals surface area contributed by atoms with Crippen LogP contribution in [-0.4, -0.2) is 6.61 Å². The van der Waals surface area contributed by atoms with Gasteiger partial charge in [-0.3, -0.25) is 0 Å². The van der Waals surface area contributed by atoms with Crippen LogP contribution in [-0.2, 0) is 13.2 Å². The van der Waals surface area contributed by atoms with Gasteiger partial charge in [0.25, 0.3) is 0 Å². The molecular formula is C24H26BrNO2. The van der Waals surface area contributed by atoms with Gasteiger partial charge in [0.1, 0.15) is 6.61 Å². The highest BCUT2D eigenvalue weighted by Crippen LogP contribution is 2.37. The van der Waals surface area contributed by atoms with E-state index >= 15 is 0 Å². The summed E-state index contributed by atoms with van der Waals surface area (Å²) in [6.07, 6.45) is 0. The molecule has 3 nitrogen and oxygen atoms in total. The van der Waals surface area contributed by atoms with Gasteiger partial charge < -0.3 is 14.8 Å². The molecule has 0 fully saturated rings. The molecule has 0 atom stereocenters. The highest BCUT2D eigenvalue weighted by Gasteiger charge is 2.13. The molecular weight excluding hydrogens is 414 g/mol. The number of hydrogen-bond acceptors (Lipinski definition) is 3. The van der Waals surface area contributed by atoms with Crippen LogP contribution in [0.25, 0.3) is 0 Å². The number of aryl methyl sites for hydroxylation is 2. The van der Waals surface area contributed by atoms with E-state index in [9.17, 15) is 0 Å². The summed E-state index contributed by atoms with van der Waals surface area (Å²) in [5, 5.41) is 3.46. The van der Waals surface area contributed by atoms with Crippen LogP contribution in [0.2, 0.25) is 0 Å². The number of benzene rings is 3. The van der Waals surface area contributed by atoms with Crippen LogP contribution in [0.15, 0.2) is 65.1 Å². The van der Waals surface area contributed by atoms with Gasteiger partial charge in [-0.2, -0.15) is 0 Å². The van der Waals surface area contributed by atoms with E-state index in [1.54, 1.807) is 0 Å². The van der Waals surface area contributed by atoms with Gasteiger partial charge in [-0.15, -0.1) is 0 Å². The molecule has 0 aromatic heterocycles. The van der Waals surface area contributed by atoms with Gasteiger partial charge in [-0.1, -0.05) is 42.0 Å². The highest BCUT2D eigenvalue weighted by molar-refractivity contribution is 9.10. The van der Waals surface area contributed by atoms with Crippen molar-refractivity contribution in [2.24, 2.45) is 0 Å². The van der Waals surface area contributed by atoms with E-state index in [0.29, 0.717) is 19.8 Å². The lowest BCUT2D eigenvalue weighted by molar-refractivity contribution is 0.267. The number of rotatable bonds is 8. The van der Waals surface area contributed by atoms with Crippen molar-refractivity contribution in [2.75, 3.05) is 11.9 Å². The summed E-state index contributed by atoms with van der Waals surface area (Å²) in [6, 6.07) is 20.8. The molecule has 1 N–H and O–H groups in total. The molecule has 0 saturated carbocycles. The summed E-state index contributed by atoms with van der Waals surface area (Å²) in [6.45, 7) is 7.95. The first kappa shape index (κ1) is 20.3. The Labute approximate surface area is 175 Å². The van der Waals surface area contributed by atoms with Crippen molar-refractivity contribution < 1.29 is 9.47 Å². The molecule has 0 aliphatic rings. The Bertz CT molecular complexity index is 922. The first-order chi connectivity index (χ1) is 13.5. The van der Waals surface area contributed by atoms with E-state index in [1.807, 2.05) is 13.0 Å². The molecule has 0 bridgehead atoms. The van der Waals surface area contributed by atoms with E-state index in [1.165, 1.54) is 11.1 Å². The minimum absolute atomic E-state index is 0.500. The second kappa shape index (κ2) is 9.65. The van der Waals surface area contributed by atoms with E-state index in [4.69, 9.17) is 9.47 Å². The standard InChI is InChI=1S/C24H26BrNO2/c1-4-27-23-14-20(15-26-21-7-5-6-18(3)12-21)13-22(25)24(23)28-16-19-10-8-17(2)9-11-19/h5-14,26H,4,15-16H2,1-3H3. The molecule has 0 heterocycles. The summed E-state index contributed by atoms with van der Waals surface area (Å²) in [5.41, 5.74) is 5.84. The minimum Gasteiger partial charge on any atom is -0.490 e. The van der Waals surface area contributed by atoms with Crippen LogP contribution in [0.4, 0.5) is 5.69 Å². The van der Waals surface area contributed by atoms with Crippen molar-refractivity contribution in [3.63, 3.8) is 0 Å². The zero-order valence-electron chi connectivity index (χ0n) is 16.6. The SMILES string of the molecule is CCOc1cc(CNc2cccc(C)c2)cc(Br)c1OCc1ccc(C)cc1. The van der Waals surface area contributed by atoms with Gasteiger partial charge in [0, 0.05) is 12.2 Å². The Morgan fingerprint density at radius 3 is 2.36 bits per heavy atom. The van der Waals surface area contributed by atoms with Crippen molar-refractivity contribution in [1.29, 1.82) is 0 Å². The average Bonchev–Trinajstić information content (AvgIpc) is 2.67. The smallest absolute Gasteiger partial charge is 0.175 e. The molecule has 0 amide bonds. The lowest BCUT2D eigenvalue weighted by Gasteiger charge is -2.16. The Balaban J connectivity index is 1.74. The van der Waals surface area contributed by atoms with E-state index < -0.39 is 0 Å². The van der Waals surface area contributed by atoms with Gasteiger partial charge in [0.2, 0.25) is 0 Å². The topological polar surface area (TPSA) is 30.5 Å². The van der Waals surface area contributed by atoms with Gasteiger partial charge in [0.15, 0.2) is 11.5 Å². The molecule has 4 heteroatoms. The maximum Gasteiger partial charge on any atom is 0.175 e. The number of ether oxygens (including phenoxy) is 2. The van der Waals surface area contributed by atoms with E-state index in [2.05, 4.69) is 89.7 Å². The molecule has 0 aliphatic heterocycles. The van der Waals surface area contributed by atoms with Crippen LogP contribution in [0.1, 0.15) is 29.2 Å². The predicted molar refractivity (Wildman–Crippen MR) is 119 cm³/mol. The number of halogens is 1. The Morgan fingerprint density at radius 2 is 1.64 bits per heavy atom. The van der Waals surface area contributed by atoms with Crippen LogP contribution in [0.3, 0.4) is 0 Å². The van der Waals surface area contributed by atoms with Gasteiger partial charge in [-0.25, -0.2) is 0 Å². The maximum absolute atomic E-state index is 6.09. The molecule has 0 radical (unpaired) electrons. The fourth-order valence-corrected chi connectivity index (χ4v) is 3.53. The molecule has 28 heavy (non-hydrogen) atoms. The zero-order chi connectivity index (χ0) is 19.9. The van der Waals surface area contributed by atoms with Crippen LogP contribution in [0.5, 0.6) is 11.5 Å². The molecule has 3 aromatic carbocycles. The lowest BCUT2D eigenvalue weighted by Crippen LogP contribution is -2.04. The molecule has 3 aromatic rings. The summed E-state index contributed by atoms with van der Waals surface area (Å²) in [4.78, 5) is 0. The van der Waals surface area contributed by atoms with Crippen molar-refractivity contribution in [3.05, 3.63) is 87.4 Å². The first-order valence-corrected chi connectivity index (χ1v) is 10.3. The molecule has 3 rings (SSSR count). The van der Waals surface area contributed by atoms with Gasteiger partial charge >= 0.3 is 0 Å². The van der Waals surface area contributed by atoms with Crippen molar-refractivity contribution in [1.82, 2.24) is 0 Å². The average molecular weight is 440 g/mol. The maximum atomic E-state index is 6.09. The molecule has 0 spiro atoms. The molecule has 0 unspecified atom stereocenters. The highest BCUT2D eigenvalue weighted by atomic mass is 79.9. The van der Waals surface area contributed by atoms with Crippen LogP contribution >= 0.6 is 15.9 Å². The zero-order valence-corrected chi connectivity index (χ0v) is 18.2. The van der Waals surface area contributed by atoms with Crippen molar-refractivity contribution >= 4 is 21.6 Å². The largest absolute Gasteiger partial charge is 0.490 e. The third kappa shape index (κ3) is 5.52. The summed E-state index contributed by atoms with van der Waals surface area (Å²) < 4.78 is 12.8. The van der Waals surface area contributed by atoms with Crippen LogP contribution in [0, 0.1) is 13.8 Å². The Kier molecular flexibility index (Phi) is 6.99. The molecule has 0 saturated heterocycles. The normalized spacial score (nSPS) is 10.6. The third-order valence-corrected chi connectivity index (χ3v) is 4.98. The van der Waals surface area contributed by atoms with Crippen LogP contribution < -0.4 is 14.8 Å². The quantitative estimate of drug-likeness (QED) is 0.425. The fraction of sp³-hybridized carbons (Fsp3) is 0.250. The molecule has 146 valence electrons. The van der Waals surface area contributed by atoms with Gasteiger partial charge in [-0.05, 0) is 77.7 Å². The lowest BCUT2D eigenvalue weighted by atomic mass is 10.1. The van der Waals surface area contributed by atoms with E-state index in [-0.39, 0.29) is 0 Å². The fourth-order valence-electron chi connectivity index (χ4n) is 2.93. The minimum atomic E-state index is 0.500. The second-order valence-corrected chi connectivity index (χ2v) is 7.69. The van der Waals surface area contributed by atoms with Crippen molar-refractivity contribution in [3.8, 4) is 11.5 Å². The van der Waals surface area contributed by atoms with Crippen molar-refractivity contribution in [2.45, 2.75) is 33.9 Å². The Morgan fingerprint density at radius 1 is 0.857 bits per heavy atom. The Hall–Kier alpha value is -2.46. The third-order valence-electron chi connectivity index (χ3n) is 4.39. The summed E-state index contributed by atoms with van der Waals surface area (Å²) in [5.74, 6) is 1.49. The second-order valence-electron chi connectivity index (χ2n) is 6.84. The van der Waals surface area contributed by atoms with E-state index in [0.717, 1.165) is 32.8 Å². The first-order valence-electron chi connectivity index (χ1n) is 9.49. The number of nitrogens with one attached hydrogen (secondary N) is 1. The summed E-state index contributed by atoms with van der Waals surface area (Å²) in [7, 11) is 0. The summed E-state index contributed by atoms with van der Waals surface area (Å²) >= 11 is 3.66. The number of hydrogen-bond donors (Lipinski definition) is 1.